The van der Waals surface area contributed by atoms with Gasteiger partial charge >= 0.3 is 0 Å². The van der Waals surface area contributed by atoms with Gasteiger partial charge in [0.1, 0.15) is 5.69 Å². The van der Waals surface area contributed by atoms with Gasteiger partial charge in [0.15, 0.2) is 0 Å². The molecular weight excluding hydrogens is 372 g/mol. The molecule has 28 heavy (non-hydrogen) atoms. The fourth-order valence-corrected chi connectivity index (χ4v) is 3.48. The molecule has 2 heterocycles. The predicted octanol–water partition coefficient (Wildman–Crippen LogP) is 4.60. The van der Waals surface area contributed by atoms with Crippen molar-refractivity contribution in [2.24, 2.45) is 0 Å². The fourth-order valence-electron chi connectivity index (χ4n) is 2.67. The molecule has 4 aromatic rings. The third kappa shape index (κ3) is 4.15. The number of nitrogens with one attached hydrogen (secondary N) is 1. The first-order valence-electron chi connectivity index (χ1n) is 8.94. The Morgan fingerprint density at radius 1 is 1.07 bits per heavy atom. The molecule has 0 saturated heterocycles. The molecule has 0 unspecified atom stereocenters. The zero-order chi connectivity index (χ0) is 19.3. The summed E-state index contributed by atoms with van der Waals surface area (Å²) in [4.78, 5) is 16.9. The number of aromatic nitrogens is 3. The van der Waals surface area contributed by atoms with E-state index in [9.17, 15) is 4.79 Å². The van der Waals surface area contributed by atoms with Gasteiger partial charge in [0.2, 0.25) is 11.8 Å². The standard InChI is InChI=1S/C21H18N4O2S/c1-2-18-24-25-21(27-18)15-8-10-16(11-9-15)22-20(26)17-13-28-19(23-17)12-14-6-4-3-5-7-14/h3-11,13H,2,12H2,1H3,(H,22,26). The molecule has 1 amide bonds. The number of carbonyl (C=O) groups excluding carboxylic acids is 1. The zero-order valence-electron chi connectivity index (χ0n) is 15.3. The summed E-state index contributed by atoms with van der Waals surface area (Å²) in [7, 11) is 0. The van der Waals surface area contributed by atoms with Gasteiger partial charge in [-0.05, 0) is 29.8 Å². The summed E-state index contributed by atoms with van der Waals surface area (Å²) < 4.78 is 5.54. The maximum absolute atomic E-state index is 12.5. The molecule has 2 aromatic carbocycles. The molecule has 0 radical (unpaired) electrons. The third-order valence-electron chi connectivity index (χ3n) is 4.14. The van der Waals surface area contributed by atoms with E-state index in [2.05, 4.69) is 32.6 Å². The van der Waals surface area contributed by atoms with Crippen LogP contribution >= 0.6 is 11.3 Å². The number of thiazole rings is 1. The molecule has 2 aromatic heterocycles. The lowest BCUT2D eigenvalue weighted by Gasteiger charge is -2.03. The Morgan fingerprint density at radius 3 is 2.57 bits per heavy atom. The first-order chi connectivity index (χ1) is 13.7. The SMILES string of the molecule is CCc1nnc(-c2ccc(NC(=O)c3csc(Cc4ccccc4)n3)cc2)o1. The van der Waals surface area contributed by atoms with Crippen LogP contribution in [0.1, 0.15) is 33.9 Å². The van der Waals surface area contributed by atoms with Gasteiger partial charge in [-0.2, -0.15) is 0 Å². The van der Waals surface area contributed by atoms with Crippen LogP contribution in [0, 0.1) is 0 Å². The van der Waals surface area contributed by atoms with Crippen LogP contribution < -0.4 is 5.32 Å². The molecule has 0 aliphatic carbocycles. The summed E-state index contributed by atoms with van der Waals surface area (Å²) >= 11 is 1.49. The number of anilines is 1. The van der Waals surface area contributed by atoms with Crippen molar-refractivity contribution in [1.29, 1.82) is 0 Å². The van der Waals surface area contributed by atoms with Crippen LogP contribution in [0.5, 0.6) is 0 Å². The van der Waals surface area contributed by atoms with Crippen LogP contribution in [-0.4, -0.2) is 21.1 Å². The van der Waals surface area contributed by atoms with Crippen molar-refractivity contribution < 1.29 is 9.21 Å². The molecule has 140 valence electrons. The monoisotopic (exact) mass is 390 g/mol. The Kier molecular flexibility index (Phi) is 5.25. The highest BCUT2D eigenvalue weighted by Crippen LogP contribution is 2.21. The van der Waals surface area contributed by atoms with Gasteiger partial charge in [0.05, 0.1) is 5.01 Å². The molecule has 0 aliphatic rings. The molecule has 1 N–H and O–H groups in total. The van der Waals surface area contributed by atoms with Crippen LogP contribution in [0.2, 0.25) is 0 Å². The number of hydrogen-bond acceptors (Lipinski definition) is 6. The number of aryl methyl sites for hydroxylation is 1. The lowest BCUT2D eigenvalue weighted by Crippen LogP contribution is -2.12. The minimum atomic E-state index is -0.227. The summed E-state index contributed by atoms with van der Waals surface area (Å²) in [5, 5.41) is 13.5. The predicted molar refractivity (Wildman–Crippen MR) is 108 cm³/mol. The number of carbonyl (C=O) groups is 1. The Balaban J connectivity index is 1.41. The van der Waals surface area contributed by atoms with Crippen molar-refractivity contribution in [2.45, 2.75) is 19.8 Å². The Labute approximate surface area is 166 Å². The van der Waals surface area contributed by atoms with Crippen molar-refractivity contribution in [1.82, 2.24) is 15.2 Å². The number of amides is 1. The highest BCUT2D eigenvalue weighted by Gasteiger charge is 2.12. The van der Waals surface area contributed by atoms with Crippen molar-refractivity contribution >= 4 is 22.9 Å². The minimum absolute atomic E-state index is 0.227. The number of rotatable bonds is 6. The second-order valence-corrected chi connectivity index (χ2v) is 7.12. The Morgan fingerprint density at radius 2 is 1.86 bits per heavy atom. The topological polar surface area (TPSA) is 80.9 Å². The van der Waals surface area contributed by atoms with Gasteiger partial charge in [-0.25, -0.2) is 4.98 Å². The maximum Gasteiger partial charge on any atom is 0.275 e. The average Bonchev–Trinajstić information content (AvgIpc) is 3.39. The van der Waals surface area contributed by atoms with Gasteiger partial charge in [0, 0.05) is 29.5 Å². The molecule has 0 saturated carbocycles. The molecule has 0 aliphatic heterocycles. The number of benzene rings is 2. The highest BCUT2D eigenvalue weighted by molar-refractivity contribution is 7.09. The molecule has 7 heteroatoms. The largest absolute Gasteiger partial charge is 0.421 e. The molecule has 0 atom stereocenters. The van der Waals surface area contributed by atoms with Crippen LogP contribution in [0.4, 0.5) is 5.69 Å². The second kappa shape index (κ2) is 8.14. The van der Waals surface area contributed by atoms with E-state index in [1.54, 1.807) is 17.5 Å². The number of hydrogen-bond donors (Lipinski definition) is 1. The van der Waals surface area contributed by atoms with Crippen molar-refractivity contribution in [2.75, 3.05) is 5.32 Å². The van der Waals surface area contributed by atoms with Gasteiger partial charge in [0.25, 0.3) is 5.91 Å². The molecule has 4 rings (SSSR count). The van der Waals surface area contributed by atoms with Gasteiger partial charge in [-0.1, -0.05) is 37.3 Å². The summed E-state index contributed by atoms with van der Waals surface area (Å²) in [6.45, 7) is 1.96. The van der Waals surface area contributed by atoms with E-state index in [-0.39, 0.29) is 5.91 Å². The Hall–Kier alpha value is -3.32. The first-order valence-corrected chi connectivity index (χ1v) is 9.81. The van der Waals surface area contributed by atoms with Crippen molar-refractivity contribution in [3.8, 4) is 11.5 Å². The molecular formula is C21H18N4O2S. The summed E-state index contributed by atoms with van der Waals surface area (Å²) in [5.74, 6) is 0.844. The Bertz CT molecular complexity index is 1070. The van der Waals surface area contributed by atoms with E-state index < -0.39 is 0 Å². The summed E-state index contributed by atoms with van der Waals surface area (Å²) in [6, 6.07) is 17.4. The smallest absolute Gasteiger partial charge is 0.275 e. The van der Waals surface area contributed by atoms with E-state index in [1.165, 1.54) is 16.9 Å². The van der Waals surface area contributed by atoms with E-state index >= 15 is 0 Å². The van der Waals surface area contributed by atoms with E-state index in [0.29, 0.717) is 29.6 Å². The van der Waals surface area contributed by atoms with Crippen molar-refractivity contribution in [3.63, 3.8) is 0 Å². The van der Waals surface area contributed by atoms with Gasteiger partial charge in [-0.3, -0.25) is 4.79 Å². The molecule has 0 spiro atoms. The minimum Gasteiger partial charge on any atom is -0.421 e. The van der Waals surface area contributed by atoms with Crippen LogP contribution in [0.3, 0.4) is 0 Å². The van der Waals surface area contributed by atoms with E-state index in [0.717, 1.165) is 17.0 Å². The van der Waals surface area contributed by atoms with Crippen LogP contribution in [-0.2, 0) is 12.8 Å². The van der Waals surface area contributed by atoms with Crippen molar-refractivity contribution in [3.05, 3.63) is 82.1 Å². The zero-order valence-corrected chi connectivity index (χ0v) is 16.1. The van der Waals surface area contributed by atoms with Gasteiger partial charge < -0.3 is 9.73 Å². The van der Waals surface area contributed by atoms with E-state index in [4.69, 9.17) is 4.42 Å². The normalized spacial score (nSPS) is 10.8. The molecule has 6 nitrogen and oxygen atoms in total. The first kappa shape index (κ1) is 18.1. The molecule has 0 bridgehead atoms. The summed E-state index contributed by atoms with van der Waals surface area (Å²) in [5.41, 5.74) is 3.08. The second-order valence-electron chi connectivity index (χ2n) is 6.17. The van der Waals surface area contributed by atoms with E-state index in [1.807, 2.05) is 37.3 Å². The lowest BCUT2D eigenvalue weighted by molar-refractivity contribution is 0.102. The summed E-state index contributed by atoms with van der Waals surface area (Å²) in [6.07, 6.45) is 1.42. The third-order valence-corrected chi connectivity index (χ3v) is 4.99. The highest BCUT2D eigenvalue weighted by atomic mass is 32.1. The lowest BCUT2D eigenvalue weighted by atomic mass is 10.2. The average molecular weight is 390 g/mol. The maximum atomic E-state index is 12.5. The van der Waals surface area contributed by atoms with Crippen LogP contribution in [0.15, 0.2) is 64.4 Å². The fraction of sp³-hybridized carbons (Fsp3) is 0.143. The quantitative estimate of drug-likeness (QED) is 0.520. The van der Waals surface area contributed by atoms with Crippen LogP contribution in [0.25, 0.3) is 11.5 Å². The van der Waals surface area contributed by atoms with Gasteiger partial charge in [-0.15, -0.1) is 21.5 Å². The molecule has 0 fully saturated rings. The number of nitrogens with zero attached hydrogens (tertiary/aromatic N) is 3.